The molecule has 5 rings (SSSR count). The number of halogens is 1. The Morgan fingerprint density at radius 2 is 1.97 bits per heavy atom. The van der Waals surface area contributed by atoms with Crippen LogP contribution in [0.25, 0.3) is 0 Å². The van der Waals surface area contributed by atoms with E-state index in [0.29, 0.717) is 22.5 Å². The molecule has 3 N–H and O–H groups in total. The van der Waals surface area contributed by atoms with Gasteiger partial charge in [-0.05, 0) is 72.4 Å². The summed E-state index contributed by atoms with van der Waals surface area (Å²) < 4.78 is 6.22. The number of rotatable bonds is 6. The lowest BCUT2D eigenvalue weighted by Gasteiger charge is -2.31. The molecule has 0 spiro atoms. The summed E-state index contributed by atoms with van der Waals surface area (Å²) in [5.41, 5.74) is 3.18. The quantitative estimate of drug-likeness (QED) is 0.453. The maximum absolute atomic E-state index is 13.2. The van der Waals surface area contributed by atoms with Crippen molar-refractivity contribution in [3.8, 4) is 17.2 Å². The Bertz CT molecular complexity index is 1190. The van der Waals surface area contributed by atoms with Gasteiger partial charge >= 0.3 is 0 Å². The Morgan fingerprint density at radius 1 is 1.18 bits per heavy atom. The minimum absolute atomic E-state index is 0.0588. The molecule has 2 aliphatic carbocycles. The van der Waals surface area contributed by atoms with Gasteiger partial charge in [-0.3, -0.25) is 4.79 Å². The molecule has 2 aromatic carbocycles. The van der Waals surface area contributed by atoms with Gasteiger partial charge < -0.3 is 20.1 Å². The normalized spacial score (nSPS) is 15.7. The highest BCUT2D eigenvalue weighted by molar-refractivity contribution is 6.32. The van der Waals surface area contributed by atoms with Gasteiger partial charge in [-0.2, -0.15) is 0 Å². The van der Waals surface area contributed by atoms with Gasteiger partial charge in [-0.15, -0.1) is 0 Å². The zero-order chi connectivity index (χ0) is 23.7. The van der Waals surface area contributed by atoms with Crippen LogP contribution >= 0.6 is 11.6 Å². The molecule has 0 atom stereocenters. The first-order valence-electron chi connectivity index (χ1n) is 11.6. The molecule has 0 aliphatic heterocycles. The second-order valence-corrected chi connectivity index (χ2v) is 9.32. The van der Waals surface area contributed by atoms with Crippen LogP contribution in [0, 0.1) is 0 Å². The number of nitrogens with zero attached hydrogens (tertiary/aromatic N) is 4. The molecular weight excluding hydrogens is 456 g/mol. The number of phenolic OH excluding ortho intramolecular Hbond substituents is 1. The van der Waals surface area contributed by atoms with E-state index in [1.807, 2.05) is 7.05 Å². The fraction of sp³-hybridized carbons (Fsp3) is 0.417. The summed E-state index contributed by atoms with van der Waals surface area (Å²) in [6.45, 7) is 0. The summed E-state index contributed by atoms with van der Waals surface area (Å²) in [5.74, 6) is 1.19. The number of phenols is 1. The monoisotopic (exact) mass is 482 g/mol. The Balaban J connectivity index is 1.41. The Kier molecular flexibility index (Phi) is 6.28. The van der Waals surface area contributed by atoms with E-state index in [0.717, 1.165) is 61.8 Å². The lowest BCUT2D eigenvalue weighted by atomic mass is 9.94. The largest absolute Gasteiger partial charge is 0.507 e. The third-order valence-electron chi connectivity index (χ3n) is 6.76. The molecule has 0 bridgehead atoms. The Labute approximate surface area is 202 Å². The molecule has 178 valence electrons. The third-order valence-corrected chi connectivity index (χ3v) is 7.05. The average molecular weight is 483 g/mol. The molecule has 0 saturated heterocycles. The number of nitrogens with one attached hydrogen (secondary N) is 2. The summed E-state index contributed by atoms with van der Waals surface area (Å²) in [6, 6.07) is 6.74. The molecule has 1 fully saturated rings. The summed E-state index contributed by atoms with van der Waals surface area (Å²) in [6.07, 6.45) is 8.11. The lowest BCUT2D eigenvalue weighted by Crippen LogP contribution is -2.38. The van der Waals surface area contributed by atoms with Crippen molar-refractivity contribution >= 4 is 29.1 Å². The zero-order valence-corrected chi connectivity index (χ0v) is 19.7. The van der Waals surface area contributed by atoms with E-state index >= 15 is 0 Å². The van der Waals surface area contributed by atoms with Crippen molar-refractivity contribution in [1.82, 2.24) is 25.5 Å². The van der Waals surface area contributed by atoms with Crippen LogP contribution in [0.5, 0.6) is 17.2 Å². The van der Waals surface area contributed by atoms with E-state index in [9.17, 15) is 9.90 Å². The summed E-state index contributed by atoms with van der Waals surface area (Å²) in [5, 5.41) is 27.8. The van der Waals surface area contributed by atoms with Crippen LogP contribution in [0.15, 0.2) is 24.3 Å². The van der Waals surface area contributed by atoms with Gasteiger partial charge in [-0.1, -0.05) is 36.0 Å². The summed E-state index contributed by atoms with van der Waals surface area (Å²) >= 11 is 6.64. The number of aromatic amines is 1. The number of H-pyrrole nitrogens is 1. The van der Waals surface area contributed by atoms with Crippen LogP contribution in [0.3, 0.4) is 0 Å². The number of hydrogen-bond donors (Lipinski definition) is 3. The topological polar surface area (TPSA) is 116 Å². The van der Waals surface area contributed by atoms with Crippen LogP contribution in [0.2, 0.25) is 5.02 Å². The number of hydrogen-bond acceptors (Lipinski definition) is 7. The standard InChI is InChI=1S/C24H27ClN6O3/c1-31(14-6-3-2-4-7-14)23(33)18-12-15(10-11-21(18)32)34-22-17-9-5-8-16(17)20(13-19(22)25)26-24-27-29-30-28-24/h10-14,32H,2-9H2,1H3,(H2,26,27,28,29,30). The highest BCUT2D eigenvalue weighted by Gasteiger charge is 2.27. The van der Waals surface area contributed by atoms with Gasteiger partial charge in [0.25, 0.3) is 5.91 Å². The van der Waals surface area contributed by atoms with E-state index < -0.39 is 0 Å². The van der Waals surface area contributed by atoms with Crippen molar-refractivity contribution < 1.29 is 14.6 Å². The van der Waals surface area contributed by atoms with Crippen LogP contribution in [-0.2, 0) is 12.8 Å². The molecule has 1 saturated carbocycles. The molecule has 1 aromatic heterocycles. The Hall–Kier alpha value is -3.33. The molecule has 1 heterocycles. The highest BCUT2D eigenvalue weighted by Crippen LogP contribution is 2.44. The number of fused-ring (bicyclic) bond motifs is 1. The van der Waals surface area contributed by atoms with Crippen LogP contribution in [-0.4, -0.2) is 49.6 Å². The highest BCUT2D eigenvalue weighted by atomic mass is 35.5. The molecule has 0 unspecified atom stereocenters. The molecule has 2 aliphatic rings. The molecular formula is C24H27ClN6O3. The van der Waals surface area contributed by atoms with Crippen molar-refractivity contribution in [2.24, 2.45) is 0 Å². The number of aromatic hydroxyl groups is 1. The summed E-state index contributed by atoms with van der Waals surface area (Å²) in [4.78, 5) is 14.9. The van der Waals surface area contributed by atoms with E-state index in [4.69, 9.17) is 16.3 Å². The van der Waals surface area contributed by atoms with Crippen LogP contribution in [0.4, 0.5) is 11.6 Å². The number of anilines is 2. The number of carbonyl (C=O) groups is 1. The molecule has 3 aromatic rings. The van der Waals surface area contributed by atoms with E-state index in [-0.39, 0.29) is 23.3 Å². The molecule has 34 heavy (non-hydrogen) atoms. The number of amides is 1. The van der Waals surface area contributed by atoms with Gasteiger partial charge in [0.1, 0.15) is 17.2 Å². The first-order chi connectivity index (χ1) is 16.5. The zero-order valence-electron chi connectivity index (χ0n) is 19.0. The average Bonchev–Trinajstić information content (AvgIpc) is 3.55. The number of benzene rings is 2. The van der Waals surface area contributed by atoms with Gasteiger partial charge in [0.05, 0.1) is 10.6 Å². The SMILES string of the molecule is CN(C(=O)c1cc(Oc2c(Cl)cc(Nc3nnn[nH]3)c3c2CCC3)ccc1O)C1CCCCC1. The minimum atomic E-state index is -0.202. The molecule has 1 amide bonds. The van der Waals surface area contributed by atoms with Gasteiger partial charge in [0.2, 0.25) is 5.95 Å². The second kappa shape index (κ2) is 9.50. The maximum atomic E-state index is 13.2. The smallest absolute Gasteiger partial charge is 0.257 e. The van der Waals surface area contributed by atoms with E-state index in [1.165, 1.54) is 12.5 Å². The van der Waals surface area contributed by atoms with Crippen LogP contribution < -0.4 is 10.1 Å². The first kappa shape index (κ1) is 22.5. The molecule has 0 radical (unpaired) electrons. The number of carbonyl (C=O) groups excluding carboxylic acids is 1. The first-order valence-corrected chi connectivity index (χ1v) is 12.0. The Morgan fingerprint density at radius 3 is 2.74 bits per heavy atom. The van der Waals surface area contributed by atoms with Crippen molar-refractivity contribution in [1.29, 1.82) is 0 Å². The number of ether oxygens (including phenoxy) is 1. The van der Waals surface area contributed by atoms with Crippen LogP contribution in [0.1, 0.15) is 60.0 Å². The predicted octanol–water partition coefficient (Wildman–Crippen LogP) is 4.99. The fourth-order valence-electron chi connectivity index (χ4n) is 4.97. The number of tetrazole rings is 1. The van der Waals surface area contributed by atoms with E-state index in [1.54, 1.807) is 23.1 Å². The molecule has 10 heteroatoms. The van der Waals surface area contributed by atoms with E-state index in [2.05, 4.69) is 25.9 Å². The predicted molar refractivity (Wildman–Crippen MR) is 128 cm³/mol. The van der Waals surface area contributed by atoms with Crippen molar-refractivity contribution in [2.75, 3.05) is 12.4 Å². The number of aromatic nitrogens is 4. The summed E-state index contributed by atoms with van der Waals surface area (Å²) in [7, 11) is 1.81. The molecule has 9 nitrogen and oxygen atoms in total. The fourth-order valence-corrected chi connectivity index (χ4v) is 5.23. The van der Waals surface area contributed by atoms with Crippen molar-refractivity contribution in [2.45, 2.75) is 57.4 Å². The van der Waals surface area contributed by atoms with Gasteiger partial charge in [-0.25, -0.2) is 5.10 Å². The third kappa shape index (κ3) is 4.40. The second-order valence-electron chi connectivity index (χ2n) is 8.91. The maximum Gasteiger partial charge on any atom is 0.257 e. The van der Waals surface area contributed by atoms with Crippen molar-refractivity contribution in [3.05, 3.63) is 46.0 Å². The van der Waals surface area contributed by atoms with Gasteiger partial charge in [0.15, 0.2) is 0 Å². The lowest BCUT2D eigenvalue weighted by molar-refractivity contribution is 0.0693. The van der Waals surface area contributed by atoms with Crippen molar-refractivity contribution in [3.63, 3.8) is 0 Å². The van der Waals surface area contributed by atoms with Gasteiger partial charge in [0, 0.05) is 24.3 Å². The minimum Gasteiger partial charge on any atom is -0.507 e.